The van der Waals surface area contributed by atoms with Gasteiger partial charge >= 0.3 is 6.01 Å². The molecule has 1 atom stereocenters. The van der Waals surface area contributed by atoms with Crippen LogP contribution in [0.2, 0.25) is 0 Å². The number of azide groups is 1. The molecule has 1 aliphatic heterocycles. The second-order valence-corrected chi connectivity index (χ2v) is 3.89. The Morgan fingerprint density at radius 1 is 1.72 bits per heavy atom. The van der Waals surface area contributed by atoms with Crippen molar-refractivity contribution in [1.82, 2.24) is 9.97 Å². The number of ether oxygens (including phenoxy) is 1. The fraction of sp³-hybridized carbons (Fsp3) is 0.500. The van der Waals surface area contributed by atoms with Crippen LogP contribution in [0.3, 0.4) is 0 Å². The van der Waals surface area contributed by atoms with Crippen molar-refractivity contribution < 1.29 is 9.53 Å². The van der Waals surface area contributed by atoms with E-state index in [1.807, 2.05) is 0 Å². The normalized spacial score (nSPS) is 18.6. The van der Waals surface area contributed by atoms with Gasteiger partial charge in [-0.15, -0.1) is 0 Å². The zero-order chi connectivity index (χ0) is 13.0. The molecular formula is C10H12N6O2. The maximum Gasteiger partial charge on any atom is 0.318 e. The van der Waals surface area contributed by atoms with Crippen LogP contribution in [0.25, 0.3) is 10.4 Å². The molecule has 1 aromatic rings. The van der Waals surface area contributed by atoms with Gasteiger partial charge in [0.1, 0.15) is 5.82 Å². The molecule has 2 heterocycles. The smallest absolute Gasteiger partial charge is 0.318 e. The van der Waals surface area contributed by atoms with E-state index in [9.17, 15) is 4.79 Å². The minimum atomic E-state index is -0.0334. The molecule has 2 rings (SSSR count). The van der Waals surface area contributed by atoms with E-state index in [1.54, 1.807) is 11.0 Å². The number of hydrogen-bond acceptors (Lipinski definition) is 5. The predicted molar refractivity (Wildman–Crippen MR) is 63.1 cm³/mol. The molecule has 1 amide bonds. The van der Waals surface area contributed by atoms with Crippen LogP contribution in [0, 0.1) is 5.92 Å². The van der Waals surface area contributed by atoms with Crippen molar-refractivity contribution in [3.05, 3.63) is 22.7 Å². The summed E-state index contributed by atoms with van der Waals surface area (Å²) in [4.78, 5) is 24.1. The van der Waals surface area contributed by atoms with Crippen LogP contribution in [0.1, 0.15) is 6.42 Å². The molecule has 1 aromatic heterocycles. The van der Waals surface area contributed by atoms with Gasteiger partial charge in [0.25, 0.3) is 0 Å². The molecule has 18 heavy (non-hydrogen) atoms. The van der Waals surface area contributed by atoms with Crippen molar-refractivity contribution in [3.63, 3.8) is 0 Å². The summed E-state index contributed by atoms with van der Waals surface area (Å²) in [5, 5.41) is 3.49. The van der Waals surface area contributed by atoms with Crippen LogP contribution in [0.4, 0.5) is 5.82 Å². The van der Waals surface area contributed by atoms with Gasteiger partial charge in [-0.3, -0.25) is 9.69 Å². The summed E-state index contributed by atoms with van der Waals surface area (Å²) in [6.07, 6.45) is 1.90. The quantitative estimate of drug-likeness (QED) is 0.452. The molecule has 0 aliphatic carbocycles. The van der Waals surface area contributed by atoms with E-state index in [-0.39, 0.29) is 17.8 Å². The molecule has 0 aromatic carbocycles. The highest BCUT2D eigenvalue weighted by molar-refractivity contribution is 5.94. The lowest BCUT2D eigenvalue weighted by Crippen LogP contribution is -2.25. The van der Waals surface area contributed by atoms with Crippen LogP contribution >= 0.6 is 0 Å². The Labute approximate surface area is 103 Å². The second kappa shape index (κ2) is 5.33. The number of hydrogen-bond donors (Lipinski definition) is 0. The van der Waals surface area contributed by atoms with Crippen LogP contribution < -0.4 is 9.64 Å². The molecule has 0 N–H and O–H groups in total. The zero-order valence-corrected chi connectivity index (χ0v) is 9.85. The standard InChI is InChI=1S/C10H12N6O2/c1-18-10-12-3-2-8(14-10)16-6-7(4-9(16)17)5-13-15-11/h2-3,7H,4-6H2,1H3. The highest BCUT2D eigenvalue weighted by atomic mass is 16.5. The van der Waals surface area contributed by atoms with Crippen molar-refractivity contribution in [3.8, 4) is 6.01 Å². The molecule has 94 valence electrons. The first kappa shape index (κ1) is 12.1. The SMILES string of the molecule is COc1nccc(N2CC(CN=[N+]=[N-])CC2=O)n1. The number of carbonyl (C=O) groups is 1. The van der Waals surface area contributed by atoms with Gasteiger partial charge in [0.15, 0.2) is 0 Å². The number of carbonyl (C=O) groups excluding carboxylic acids is 1. The summed E-state index contributed by atoms with van der Waals surface area (Å²) >= 11 is 0. The van der Waals surface area contributed by atoms with E-state index in [0.717, 1.165) is 0 Å². The van der Waals surface area contributed by atoms with Crippen molar-refractivity contribution in [2.24, 2.45) is 11.0 Å². The minimum absolute atomic E-state index is 0.0334. The molecule has 1 aliphatic rings. The Bertz CT molecular complexity index is 499. The van der Waals surface area contributed by atoms with Gasteiger partial charge in [0, 0.05) is 30.6 Å². The number of aromatic nitrogens is 2. The molecule has 1 fully saturated rings. The second-order valence-electron chi connectivity index (χ2n) is 3.89. The number of anilines is 1. The van der Waals surface area contributed by atoms with E-state index in [1.165, 1.54) is 13.3 Å². The van der Waals surface area contributed by atoms with E-state index < -0.39 is 0 Å². The molecule has 0 radical (unpaired) electrons. The van der Waals surface area contributed by atoms with E-state index in [4.69, 9.17) is 10.3 Å². The first-order chi connectivity index (χ1) is 8.74. The van der Waals surface area contributed by atoms with Crippen LogP contribution in [0.15, 0.2) is 17.4 Å². The first-order valence-corrected chi connectivity index (χ1v) is 5.43. The predicted octanol–water partition coefficient (Wildman–Crippen LogP) is 1.15. The molecule has 1 saturated heterocycles. The lowest BCUT2D eigenvalue weighted by atomic mass is 10.1. The highest BCUT2D eigenvalue weighted by Gasteiger charge is 2.31. The Morgan fingerprint density at radius 3 is 3.28 bits per heavy atom. The molecular weight excluding hydrogens is 236 g/mol. The molecule has 0 bridgehead atoms. The summed E-state index contributed by atoms with van der Waals surface area (Å²) < 4.78 is 4.91. The van der Waals surface area contributed by atoms with Gasteiger partial charge in [0.05, 0.1) is 7.11 Å². The average Bonchev–Trinajstić information content (AvgIpc) is 2.77. The van der Waals surface area contributed by atoms with Crippen LogP contribution in [-0.4, -0.2) is 36.1 Å². The Kier molecular flexibility index (Phi) is 3.59. The topological polar surface area (TPSA) is 104 Å². The monoisotopic (exact) mass is 248 g/mol. The summed E-state index contributed by atoms with van der Waals surface area (Å²) in [5.74, 6) is 0.513. The molecule has 0 saturated carbocycles. The third kappa shape index (κ3) is 2.49. The van der Waals surface area contributed by atoms with Crippen molar-refractivity contribution in [1.29, 1.82) is 0 Å². The maximum absolute atomic E-state index is 11.8. The lowest BCUT2D eigenvalue weighted by molar-refractivity contribution is -0.117. The van der Waals surface area contributed by atoms with E-state index >= 15 is 0 Å². The fourth-order valence-corrected chi connectivity index (χ4v) is 1.86. The Hall–Kier alpha value is -2.34. The number of nitrogens with zero attached hydrogens (tertiary/aromatic N) is 6. The Balaban J connectivity index is 2.13. The lowest BCUT2D eigenvalue weighted by Gasteiger charge is -2.15. The fourth-order valence-electron chi connectivity index (χ4n) is 1.86. The molecule has 8 heteroatoms. The summed E-state index contributed by atoms with van der Waals surface area (Å²) in [5.41, 5.74) is 8.27. The minimum Gasteiger partial charge on any atom is -0.467 e. The van der Waals surface area contributed by atoms with Crippen LogP contribution in [-0.2, 0) is 4.79 Å². The third-order valence-corrected chi connectivity index (χ3v) is 2.69. The van der Waals surface area contributed by atoms with Gasteiger partial charge in [-0.25, -0.2) is 4.98 Å². The van der Waals surface area contributed by atoms with Crippen molar-refractivity contribution in [2.75, 3.05) is 25.1 Å². The average molecular weight is 248 g/mol. The van der Waals surface area contributed by atoms with E-state index in [2.05, 4.69) is 20.0 Å². The molecule has 8 nitrogen and oxygen atoms in total. The van der Waals surface area contributed by atoms with Gasteiger partial charge in [0.2, 0.25) is 5.91 Å². The van der Waals surface area contributed by atoms with Crippen molar-refractivity contribution >= 4 is 11.7 Å². The maximum atomic E-state index is 11.8. The Morgan fingerprint density at radius 2 is 2.56 bits per heavy atom. The number of rotatable bonds is 4. The van der Waals surface area contributed by atoms with Crippen LogP contribution in [0.5, 0.6) is 6.01 Å². The highest BCUT2D eigenvalue weighted by Crippen LogP contribution is 2.24. The van der Waals surface area contributed by atoms with Gasteiger partial charge in [-0.2, -0.15) is 4.98 Å². The first-order valence-electron chi connectivity index (χ1n) is 5.43. The molecule has 0 spiro atoms. The van der Waals surface area contributed by atoms with E-state index in [0.29, 0.717) is 25.3 Å². The summed E-state index contributed by atoms with van der Waals surface area (Å²) in [7, 11) is 1.47. The number of methoxy groups -OCH3 is 1. The third-order valence-electron chi connectivity index (χ3n) is 2.69. The molecule has 1 unspecified atom stereocenters. The van der Waals surface area contributed by atoms with Gasteiger partial charge < -0.3 is 4.74 Å². The van der Waals surface area contributed by atoms with Crippen molar-refractivity contribution in [2.45, 2.75) is 6.42 Å². The number of amides is 1. The zero-order valence-electron chi connectivity index (χ0n) is 9.85. The summed E-state index contributed by atoms with van der Waals surface area (Å²) in [6, 6.07) is 1.87. The summed E-state index contributed by atoms with van der Waals surface area (Å²) in [6.45, 7) is 0.818. The largest absolute Gasteiger partial charge is 0.467 e. The van der Waals surface area contributed by atoms with Gasteiger partial charge in [-0.1, -0.05) is 5.11 Å². The van der Waals surface area contributed by atoms with Gasteiger partial charge in [-0.05, 0) is 17.5 Å².